The van der Waals surface area contributed by atoms with Gasteiger partial charge in [0.1, 0.15) is 5.76 Å². The van der Waals surface area contributed by atoms with Crippen LogP contribution < -0.4 is 11.5 Å². The van der Waals surface area contributed by atoms with E-state index in [-0.39, 0.29) is 5.96 Å². The molecule has 0 aromatic carbocycles. The maximum Gasteiger partial charge on any atom is 0.211 e. The maximum absolute atomic E-state index is 5.11. The van der Waals surface area contributed by atoms with Gasteiger partial charge in [-0.25, -0.2) is 0 Å². The Hall–Kier alpha value is -2.04. The molecule has 0 radical (unpaired) electrons. The summed E-state index contributed by atoms with van der Waals surface area (Å²) in [5.41, 5.74) is 10.9. The first kappa shape index (κ1) is 10.0. The van der Waals surface area contributed by atoms with Crippen LogP contribution in [0.5, 0.6) is 0 Å². The maximum atomic E-state index is 5.11. The van der Waals surface area contributed by atoms with Crippen molar-refractivity contribution >= 4 is 17.7 Å². The largest absolute Gasteiger partial charge is 0.465 e. The Bertz CT molecular complexity index is 358. The van der Waals surface area contributed by atoms with Gasteiger partial charge in [0.2, 0.25) is 5.96 Å². The molecule has 0 aliphatic rings. The van der Waals surface area contributed by atoms with Crippen molar-refractivity contribution in [2.24, 2.45) is 21.7 Å². The van der Waals surface area contributed by atoms with Gasteiger partial charge in [-0.15, -0.1) is 5.10 Å². The van der Waals surface area contributed by atoms with Crippen molar-refractivity contribution in [2.45, 2.75) is 6.92 Å². The average molecular weight is 192 g/mol. The molecule has 0 atom stereocenters. The molecule has 5 heteroatoms. The summed E-state index contributed by atoms with van der Waals surface area (Å²) in [5, 5.41) is 7.25. The summed E-state index contributed by atoms with van der Waals surface area (Å²) in [4.78, 5) is 0. The molecule has 0 bridgehead atoms. The molecule has 0 aliphatic heterocycles. The third-order valence-electron chi connectivity index (χ3n) is 1.36. The fraction of sp³-hybridized carbons (Fsp3) is 0.111. The second-order valence-electron chi connectivity index (χ2n) is 2.61. The summed E-state index contributed by atoms with van der Waals surface area (Å²) in [5.74, 6) is 0.694. The van der Waals surface area contributed by atoms with E-state index in [0.29, 0.717) is 5.71 Å². The Balaban J connectivity index is 2.61. The highest BCUT2D eigenvalue weighted by molar-refractivity contribution is 5.96. The zero-order valence-corrected chi connectivity index (χ0v) is 7.84. The molecule has 5 nitrogen and oxygen atoms in total. The molecule has 0 fully saturated rings. The van der Waals surface area contributed by atoms with Gasteiger partial charge in [-0.2, -0.15) is 5.10 Å². The van der Waals surface area contributed by atoms with Gasteiger partial charge in [0.05, 0.1) is 12.0 Å². The smallest absolute Gasteiger partial charge is 0.211 e. The molecule has 1 rings (SSSR count). The standard InChI is InChI=1S/C9H12N4O/c1-7(12-13-9(10)11)4-5-8-3-2-6-14-8/h2-6H,1H3,(H4,10,11,13)/b5-4+,12-7?. The summed E-state index contributed by atoms with van der Waals surface area (Å²) in [6, 6.07) is 3.65. The van der Waals surface area contributed by atoms with Gasteiger partial charge in [-0.1, -0.05) is 0 Å². The van der Waals surface area contributed by atoms with Gasteiger partial charge < -0.3 is 15.9 Å². The van der Waals surface area contributed by atoms with E-state index in [1.165, 1.54) is 0 Å². The quantitative estimate of drug-likeness (QED) is 0.424. The minimum Gasteiger partial charge on any atom is -0.465 e. The molecular weight excluding hydrogens is 180 g/mol. The second kappa shape index (κ2) is 4.86. The molecule has 0 amide bonds. The molecule has 0 unspecified atom stereocenters. The van der Waals surface area contributed by atoms with E-state index in [9.17, 15) is 0 Å². The number of nitrogens with zero attached hydrogens (tertiary/aromatic N) is 2. The van der Waals surface area contributed by atoms with E-state index < -0.39 is 0 Å². The van der Waals surface area contributed by atoms with Crippen LogP contribution >= 0.6 is 0 Å². The highest BCUT2D eigenvalue weighted by Gasteiger charge is 1.88. The Morgan fingerprint density at radius 2 is 2.21 bits per heavy atom. The van der Waals surface area contributed by atoms with Gasteiger partial charge in [0, 0.05) is 0 Å². The molecule has 74 valence electrons. The zero-order chi connectivity index (χ0) is 10.4. The van der Waals surface area contributed by atoms with Gasteiger partial charge in [-0.05, 0) is 31.2 Å². The predicted octanol–water partition coefficient (Wildman–Crippen LogP) is 0.942. The average Bonchev–Trinajstić information content (AvgIpc) is 2.63. The molecule has 0 spiro atoms. The summed E-state index contributed by atoms with van der Waals surface area (Å²) >= 11 is 0. The first-order valence-corrected chi connectivity index (χ1v) is 4.03. The van der Waals surface area contributed by atoms with E-state index in [4.69, 9.17) is 15.9 Å². The third kappa shape index (κ3) is 3.57. The molecule has 1 aromatic heterocycles. The minimum absolute atomic E-state index is 0.0595. The van der Waals surface area contributed by atoms with Gasteiger partial charge >= 0.3 is 0 Å². The van der Waals surface area contributed by atoms with Crippen molar-refractivity contribution in [1.82, 2.24) is 0 Å². The highest BCUT2D eigenvalue weighted by atomic mass is 16.3. The van der Waals surface area contributed by atoms with E-state index in [1.54, 1.807) is 25.3 Å². The molecule has 0 saturated carbocycles. The number of guanidine groups is 1. The summed E-state index contributed by atoms with van der Waals surface area (Å²) in [6.45, 7) is 1.78. The van der Waals surface area contributed by atoms with Crippen molar-refractivity contribution in [3.63, 3.8) is 0 Å². The van der Waals surface area contributed by atoms with E-state index >= 15 is 0 Å². The van der Waals surface area contributed by atoms with E-state index in [0.717, 1.165) is 5.76 Å². The second-order valence-corrected chi connectivity index (χ2v) is 2.61. The van der Waals surface area contributed by atoms with Crippen LogP contribution in [-0.4, -0.2) is 11.7 Å². The van der Waals surface area contributed by atoms with Gasteiger partial charge in [0.15, 0.2) is 0 Å². The van der Waals surface area contributed by atoms with Crippen LogP contribution in [0.3, 0.4) is 0 Å². The van der Waals surface area contributed by atoms with E-state index in [1.807, 2.05) is 12.1 Å². The van der Waals surface area contributed by atoms with Gasteiger partial charge in [0.25, 0.3) is 0 Å². The minimum atomic E-state index is -0.0595. The lowest BCUT2D eigenvalue weighted by Crippen LogP contribution is -2.21. The SMILES string of the molecule is CC(/C=C/c1ccco1)=NN=C(N)N. The Morgan fingerprint density at radius 1 is 1.43 bits per heavy atom. The number of allylic oxidation sites excluding steroid dienone is 1. The number of rotatable bonds is 3. The lowest BCUT2D eigenvalue weighted by molar-refractivity contribution is 0.557. The fourth-order valence-electron chi connectivity index (χ4n) is 0.759. The van der Waals surface area contributed by atoms with Crippen LogP contribution in [0.1, 0.15) is 12.7 Å². The van der Waals surface area contributed by atoms with Crippen LogP contribution in [0.25, 0.3) is 6.08 Å². The first-order valence-electron chi connectivity index (χ1n) is 4.03. The first-order chi connectivity index (χ1) is 6.68. The number of nitrogens with two attached hydrogens (primary N) is 2. The van der Waals surface area contributed by atoms with Crippen molar-refractivity contribution in [3.05, 3.63) is 30.2 Å². The summed E-state index contributed by atoms with van der Waals surface area (Å²) < 4.78 is 5.08. The predicted molar refractivity (Wildman–Crippen MR) is 56.7 cm³/mol. The molecule has 0 saturated heterocycles. The summed E-state index contributed by atoms with van der Waals surface area (Å²) in [7, 11) is 0. The van der Waals surface area contributed by atoms with Crippen LogP contribution in [0, 0.1) is 0 Å². The van der Waals surface area contributed by atoms with Crippen molar-refractivity contribution in [3.8, 4) is 0 Å². The molecule has 1 aromatic rings. The fourth-order valence-corrected chi connectivity index (χ4v) is 0.759. The van der Waals surface area contributed by atoms with Crippen LogP contribution in [0.15, 0.2) is 39.1 Å². The van der Waals surface area contributed by atoms with Crippen molar-refractivity contribution < 1.29 is 4.42 Å². The Labute approximate surface area is 81.8 Å². The molecule has 1 heterocycles. The monoisotopic (exact) mass is 192 g/mol. The molecule has 4 N–H and O–H groups in total. The Kier molecular flexibility index (Phi) is 3.49. The number of hydrogen-bond acceptors (Lipinski definition) is 3. The highest BCUT2D eigenvalue weighted by Crippen LogP contribution is 2.02. The number of furan rings is 1. The van der Waals surface area contributed by atoms with Crippen molar-refractivity contribution in [2.75, 3.05) is 0 Å². The van der Waals surface area contributed by atoms with E-state index in [2.05, 4.69) is 10.2 Å². The third-order valence-corrected chi connectivity index (χ3v) is 1.36. The zero-order valence-electron chi connectivity index (χ0n) is 7.84. The normalized spacial score (nSPS) is 11.9. The summed E-state index contributed by atoms with van der Waals surface area (Å²) in [6.07, 6.45) is 5.13. The van der Waals surface area contributed by atoms with Crippen LogP contribution in [0.2, 0.25) is 0 Å². The van der Waals surface area contributed by atoms with Gasteiger partial charge in [-0.3, -0.25) is 0 Å². The molecule has 14 heavy (non-hydrogen) atoms. The Morgan fingerprint density at radius 3 is 2.79 bits per heavy atom. The topological polar surface area (TPSA) is 89.9 Å². The number of hydrogen-bond donors (Lipinski definition) is 2. The lowest BCUT2D eigenvalue weighted by atomic mass is 10.3. The molecule has 0 aliphatic carbocycles. The van der Waals surface area contributed by atoms with Crippen LogP contribution in [-0.2, 0) is 0 Å². The van der Waals surface area contributed by atoms with Crippen molar-refractivity contribution in [1.29, 1.82) is 0 Å². The van der Waals surface area contributed by atoms with Crippen LogP contribution in [0.4, 0.5) is 0 Å². The molecular formula is C9H12N4O. The lowest BCUT2D eigenvalue weighted by Gasteiger charge is -1.88.